The summed E-state index contributed by atoms with van der Waals surface area (Å²) in [4.78, 5) is 91.9. The van der Waals surface area contributed by atoms with Gasteiger partial charge in [-0.25, -0.2) is 29.5 Å². The SMILES string of the molecule is CC(C)(O)c1ccc(C(=O)O)cn1.COC(=O)c1ccc(C(C)(C)O)nc1.C[C@@H]1[C@H](N)CCCN1c1cnc(C(N)=O)c(Nc2cnn(C)c2)n1.C[C@@H]1[C@H](NC(=O)c2ccc(C(C)(C)O)nc2)CCCN1c1cnc(C(N)=O)c(Nc2cnn(C)c2)n1. The number of nitrogens with two attached hydrogens (primary N) is 3. The molecule has 7 aromatic heterocycles. The Hall–Kier alpha value is -9.58. The highest BCUT2D eigenvalue weighted by molar-refractivity contribution is 5.97. The molecular formula is C58H77N19O10. The van der Waals surface area contributed by atoms with Crippen LogP contribution in [-0.4, -0.2) is 149 Å². The maximum Gasteiger partial charge on any atom is 0.339 e. The first-order valence-corrected chi connectivity index (χ1v) is 27.7. The molecule has 0 saturated carbocycles. The summed E-state index contributed by atoms with van der Waals surface area (Å²) in [5.74, 6) is -1.22. The van der Waals surface area contributed by atoms with Gasteiger partial charge >= 0.3 is 11.9 Å². The first-order valence-electron chi connectivity index (χ1n) is 27.7. The molecule has 0 radical (unpaired) electrons. The summed E-state index contributed by atoms with van der Waals surface area (Å²) in [6, 6.07) is 9.41. The highest BCUT2D eigenvalue weighted by atomic mass is 16.5. The number of carbonyl (C=O) groups excluding carboxylic acids is 4. The summed E-state index contributed by atoms with van der Waals surface area (Å²) >= 11 is 0. The molecule has 0 bridgehead atoms. The van der Waals surface area contributed by atoms with E-state index in [1.165, 1.54) is 44.0 Å². The number of methoxy groups -OCH3 is 1. The van der Waals surface area contributed by atoms with Crippen molar-refractivity contribution >= 4 is 64.3 Å². The lowest BCUT2D eigenvalue weighted by Gasteiger charge is -2.40. The van der Waals surface area contributed by atoms with Crippen LogP contribution in [0.5, 0.6) is 0 Å². The van der Waals surface area contributed by atoms with Crippen LogP contribution in [0.25, 0.3) is 0 Å². The Morgan fingerprint density at radius 3 is 1.37 bits per heavy atom. The number of carboxylic acids is 1. The van der Waals surface area contributed by atoms with Crippen molar-refractivity contribution in [3.05, 3.63) is 137 Å². The summed E-state index contributed by atoms with van der Waals surface area (Å²) in [5, 5.41) is 55.2. The maximum absolute atomic E-state index is 12.9. The van der Waals surface area contributed by atoms with Gasteiger partial charge in [-0.15, -0.1) is 0 Å². The van der Waals surface area contributed by atoms with E-state index in [1.807, 2.05) is 6.92 Å². The molecule has 3 amide bonds. The lowest BCUT2D eigenvalue weighted by molar-refractivity contribution is 0.0594. The van der Waals surface area contributed by atoms with Crippen molar-refractivity contribution < 1.29 is 49.1 Å². The quantitative estimate of drug-likeness (QED) is 0.0650. The maximum atomic E-state index is 12.9. The highest BCUT2D eigenvalue weighted by Gasteiger charge is 2.32. The molecule has 2 aliphatic heterocycles. The number of pyridine rings is 3. The molecule has 4 atom stereocenters. The molecule has 2 saturated heterocycles. The number of aliphatic hydroxyl groups is 3. The minimum Gasteiger partial charge on any atom is -0.478 e. The van der Waals surface area contributed by atoms with Crippen LogP contribution < -0.4 is 43.0 Å². The number of piperidine rings is 2. The van der Waals surface area contributed by atoms with E-state index in [1.54, 1.807) is 120 Å². The minimum atomic E-state index is -1.08. The number of nitrogens with zero attached hydrogens (tertiary/aromatic N) is 13. The van der Waals surface area contributed by atoms with E-state index in [-0.39, 0.29) is 52.8 Å². The predicted molar refractivity (Wildman–Crippen MR) is 322 cm³/mol. The highest BCUT2D eigenvalue weighted by Crippen LogP contribution is 2.29. The largest absolute Gasteiger partial charge is 0.478 e. The number of aromatic nitrogens is 11. The first-order chi connectivity index (χ1) is 40.8. The number of aryl methyl sites for hydroxylation is 2. The van der Waals surface area contributed by atoms with E-state index in [2.05, 4.69) is 82.5 Å². The van der Waals surface area contributed by atoms with E-state index in [0.717, 1.165) is 32.2 Å². The number of primary amides is 2. The van der Waals surface area contributed by atoms with Crippen molar-refractivity contribution in [3.8, 4) is 0 Å². The van der Waals surface area contributed by atoms with E-state index >= 15 is 0 Å². The van der Waals surface area contributed by atoms with E-state index < -0.39 is 40.6 Å². The van der Waals surface area contributed by atoms with Crippen molar-refractivity contribution in [1.82, 2.24) is 59.8 Å². The molecule has 2 aliphatic rings. The monoisotopic (exact) mass is 1200 g/mol. The van der Waals surface area contributed by atoms with Gasteiger partial charge in [-0.2, -0.15) is 10.2 Å². The molecule has 0 aliphatic carbocycles. The number of ether oxygens (including phenoxy) is 1. The third kappa shape index (κ3) is 18.2. The van der Waals surface area contributed by atoms with Crippen LogP contribution in [-0.2, 0) is 35.6 Å². The lowest BCUT2D eigenvalue weighted by Crippen LogP contribution is -2.54. The van der Waals surface area contributed by atoms with Gasteiger partial charge in [-0.1, -0.05) is 0 Å². The van der Waals surface area contributed by atoms with Gasteiger partial charge in [0.15, 0.2) is 23.0 Å². The number of amides is 3. The van der Waals surface area contributed by atoms with E-state index in [0.29, 0.717) is 63.6 Å². The van der Waals surface area contributed by atoms with Crippen LogP contribution >= 0.6 is 0 Å². The van der Waals surface area contributed by atoms with Gasteiger partial charge in [-0.05, 0) is 117 Å². The number of hydrogen-bond donors (Lipinski definition) is 10. The van der Waals surface area contributed by atoms with Gasteiger partial charge < -0.3 is 68.1 Å². The number of esters is 1. The molecule has 0 spiro atoms. The molecule has 29 heteroatoms. The summed E-state index contributed by atoms with van der Waals surface area (Å²) in [5.41, 5.74) is 17.8. The molecule has 9 heterocycles. The molecule has 9 rings (SSSR count). The summed E-state index contributed by atoms with van der Waals surface area (Å²) in [6.45, 7) is 15.4. The van der Waals surface area contributed by atoms with Gasteiger partial charge in [0.05, 0.1) is 77.0 Å². The van der Waals surface area contributed by atoms with Gasteiger partial charge in [0.1, 0.15) is 28.4 Å². The smallest absolute Gasteiger partial charge is 0.339 e. The first kappa shape index (κ1) is 66.6. The number of nitrogens with one attached hydrogen (secondary N) is 3. The molecule has 87 heavy (non-hydrogen) atoms. The normalized spacial score (nSPS) is 16.7. The second-order valence-electron chi connectivity index (χ2n) is 22.3. The Kier molecular flexibility index (Phi) is 21.8. The average Bonchev–Trinajstić information content (AvgIpc) is 1.80. The number of rotatable bonds is 15. The van der Waals surface area contributed by atoms with Gasteiger partial charge in [-0.3, -0.25) is 38.7 Å². The van der Waals surface area contributed by atoms with Gasteiger partial charge in [0, 0.05) is 82.3 Å². The predicted octanol–water partition coefficient (Wildman–Crippen LogP) is 3.93. The Balaban J connectivity index is 0.000000203. The summed E-state index contributed by atoms with van der Waals surface area (Å²) < 4.78 is 7.79. The van der Waals surface area contributed by atoms with E-state index in [9.17, 15) is 39.3 Å². The minimum absolute atomic E-state index is 0.0270. The fourth-order valence-electron chi connectivity index (χ4n) is 8.99. The second kappa shape index (κ2) is 28.5. The third-order valence-electron chi connectivity index (χ3n) is 14.0. The van der Waals surface area contributed by atoms with Crippen LogP contribution in [0.3, 0.4) is 0 Å². The summed E-state index contributed by atoms with van der Waals surface area (Å²) in [7, 11) is 4.90. The van der Waals surface area contributed by atoms with E-state index in [4.69, 9.17) is 22.3 Å². The van der Waals surface area contributed by atoms with Crippen molar-refractivity contribution in [1.29, 1.82) is 0 Å². The van der Waals surface area contributed by atoms with Crippen LogP contribution in [0, 0.1) is 0 Å². The Morgan fingerprint density at radius 1 is 0.586 bits per heavy atom. The molecule has 13 N–H and O–H groups in total. The van der Waals surface area contributed by atoms with Crippen molar-refractivity contribution in [2.75, 3.05) is 40.6 Å². The Morgan fingerprint density at radius 2 is 1.00 bits per heavy atom. The van der Waals surface area contributed by atoms with Crippen LogP contribution in [0.4, 0.5) is 34.6 Å². The Bertz CT molecular complexity index is 3480. The molecule has 0 unspecified atom stereocenters. The van der Waals surface area contributed by atoms with Crippen molar-refractivity contribution in [2.24, 2.45) is 31.3 Å². The fourth-order valence-corrected chi connectivity index (χ4v) is 8.99. The zero-order valence-electron chi connectivity index (χ0n) is 50.5. The number of carbonyl (C=O) groups is 5. The van der Waals surface area contributed by atoms with Crippen molar-refractivity contribution in [3.63, 3.8) is 0 Å². The number of anilines is 6. The Labute approximate surface area is 502 Å². The lowest BCUT2D eigenvalue weighted by atomic mass is 9.97. The van der Waals surface area contributed by atoms with Crippen LogP contribution in [0.1, 0.15) is 150 Å². The van der Waals surface area contributed by atoms with Crippen molar-refractivity contribution in [2.45, 2.75) is 122 Å². The number of carboxylic acid groups (broad SMARTS) is 1. The standard InChI is InChI=1S/C24H31N9O3.C15H22N8O.C10H13NO3.C9H11NO3/c1-14-17(30-23(35)15-7-8-18(26-10-15)24(2,3)36)6-5-9-33(14)19-12-27-20(21(25)34)22(31-19)29-16-11-28-32(4)13-16;1-9-11(16)4-3-5-23(9)12-7-18-13(14(17)24)15(21-12)20-10-6-19-22(2)8-10;1-10(2,13)8-5-4-7(6-11-8)9(12)14-3;1-9(2,13)7-4-3-6(5-10-7)8(11)12/h7-8,10-14,17,36H,5-6,9H2,1-4H3,(H2,25,34)(H,29,31)(H,30,35);6-9,11H,3-5,16H2,1-2H3,(H2,17,24)(H,20,21);4-6,13H,1-3H3;3-5,13H,1-2H3,(H,11,12)/t14-,17-;9-,11-;;/m11../s1. The van der Waals surface area contributed by atoms with Crippen LogP contribution in [0.15, 0.2) is 92.2 Å². The molecule has 464 valence electrons. The van der Waals surface area contributed by atoms with Crippen LogP contribution in [0.2, 0.25) is 0 Å². The zero-order valence-corrected chi connectivity index (χ0v) is 50.5. The average molecular weight is 1200 g/mol. The second-order valence-corrected chi connectivity index (χ2v) is 22.3. The number of aromatic carboxylic acids is 1. The molecule has 29 nitrogen and oxygen atoms in total. The molecular weight excluding hydrogens is 1120 g/mol. The topological polar surface area (TPSA) is 422 Å². The fraction of sp³-hybridized carbons (Fsp3) is 0.414. The third-order valence-corrected chi connectivity index (χ3v) is 14.0. The molecule has 7 aromatic rings. The van der Waals surface area contributed by atoms with Gasteiger partial charge in [0.2, 0.25) is 0 Å². The molecule has 0 aromatic carbocycles. The summed E-state index contributed by atoms with van der Waals surface area (Å²) in [6.07, 6.45) is 17.6. The van der Waals surface area contributed by atoms with Gasteiger partial charge in [0.25, 0.3) is 17.7 Å². The molecule has 2 fully saturated rings. The number of hydrogen-bond acceptors (Lipinski definition) is 23. The zero-order chi connectivity index (χ0) is 64.1.